The maximum absolute atomic E-state index is 15.4. The van der Waals surface area contributed by atoms with Crippen LogP contribution in [0.15, 0.2) is 152 Å². The van der Waals surface area contributed by atoms with E-state index in [0.29, 0.717) is 0 Å². The molecule has 6 rings (SSSR count). The monoisotopic (exact) mass is 668 g/mol. The van der Waals surface area contributed by atoms with Gasteiger partial charge in [0, 0.05) is 23.5 Å². The maximum atomic E-state index is 15.4. The number of carbonyl (C=O) groups is 3. The lowest BCUT2D eigenvalue weighted by Gasteiger charge is -2.32. The van der Waals surface area contributed by atoms with Gasteiger partial charge in [0.2, 0.25) is 0 Å². The number of amides is 1. The highest BCUT2D eigenvalue weighted by molar-refractivity contribution is 7.97. The number of para-hydroxylation sites is 1. The first kappa shape index (κ1) is 33.3. The number of hydrogen-bond acceptors (Lipinski definition) is 5. The summed E-state index contributed by atoms with van der Waals surface area (Å²) in [5.74, 6) is -1.26. The molecule has 0 aliphatic heterocycles. The van der Waals surface area contributed by atoms with Gasteiger partial charge in [-0.3, -0.25) is 4.79 Å². The molecule has 0 unspecified atom stereocenters. The fraction of sp³-hybridized carbons (Fsp3) is 0.122. The number of benzene rings is 5. The van der Waals surface area contributed by atoms with Gasteiger partial charge >= 0.3 is 12.1 Å². The van der Waals surface area contributed by atoms with Crippen molar-refractivity contribution in [2.45, 2.75) is 26.0 Å². The number of alkyl carbamates (subject to hydrolysis) is 1. The molecule has 1 amide bonds. The summed E-state index contributed by atoms with van der Waals surface area (Å²) in [6.45, 7) is -1.41. The smallest absolute Gasteiger partial charge is 0.408 e. The first-order valence-electron chi connectivity index (χ1n) is 16.2. The molecule has 0 aliphatic rings. The molecule has 0 spiro atoms. The van der Waals surface area contributed by atoms with Gasteiger partial charge in [-0.05, 0) is 46.9 Å². The molecule has 1 aromatic heterocycles. The van der Waals surface area contributed by atoms with Crippen LogP contribution in [0, 0.1) is 0 Å². The molecular formula is C41H37N2O5P. The fourth-order valence-electron chi connectivity index (χ4n) is 6.19. The van der Waals surface area contributed by atoms with E-state index in [2.05, 4.69) is 10.3 Å². The molecule has 246 valence electrons. The van der Waals surface area contributed by atoms with Gasteiger partial charge in [0.1, 0.15) is 11.9 Å². The van der Waals surface area contributed by atoms with E-state index in [0.717, 1.165) is 37.9 Å². The zero-order valence-electron chi connectivity index (χ0n) is 27.1. The molecule has 0 aliphatic carbocycles. The average Bonchev–Trinajstić information content (AvgIpc) is 3.56. The van der Waals surface area contributed by atoms with Gasteiger partial charge in [-0.15, -0.1) is 0 Å². The maximum Gasteiger partial charge on any atom is 0.408 e. The highest BCUT2D eigenvalue weighted by atomic mass is 31.2. The van der Waals surface area contributed by atoms with E-state index >= 15 is 4.79 Å². The van der Waals surface area contributed by atoms with Crippen LogP contribution >= 0.6 is 6.89 Å². The number of Topliss-reactive ketones (excluding diaryl/α,β-unsaturated/α-hetero) is 1. The van der Waals surface area contributed by atoms with Crippen molar-refractivity contribution in [2.75, 3.05) is 6.61 Å². The Morgan fingerprint density at radius 1 is 0.673 bits per heavy atom. The Bertz CT molecular complexity index is 1990. The lowest BCUT2D eigenvalue weighted by Crippen LogP contribution is -2.49. The number of carbonyl (C=O) groups excluding carboxylic acids is 3. The molecule has 7 nitrogen and oxygen atoms in total. The minimum Gasteiger partial charge on any atom is -0.462 e. The summed E-state index contributed by atoms with van der Waals surface area (Å²) < 4.78 is 11.4. The van der Waals surface area contributed by atoms with Crippen LogP contribution < -0.4 is 21.2 Å². The number of nitrogens with one attached hydrogen (secondary N) is 2. The van der Waals surface area contributed by atoms with Crippen LogP contribution in [-0.4, -0.2) is 40.8 Å². The van der Waals surface area contributed by atoms with E-state index in [4.69, 9.17) is 9.47 Å². The third-order valence-electron chi connectivity index (χ3n) is 8.39. The molecule has 49 heavy (non-hydrogen) atoms. The van der Waals surface area contributed by atoms with E-state index < -0.39 is 30.8 Å². The van der Waals surface area contributed by atoms with Crippen molar-refractivity contribution in [3.05, 3.63) is 163 Å². The Kier molecular flexibility index (Phi) is 10.5. The number of ketones is 1. The molecule has 2 N–H and O–H groups in total. The van der Waals surface area contributed by atoms with Crippen molar-refractivity contribution >= 4 is 56.8 Å². The van der Waals surface area contributed by atoms with Crippen molar-refractivity contribution < 1.29 is 23.9 Å². The fourth-order valence-corrected chi connectivity index (χ4v) is 10.5. The van der Waals surface area contributed by atoms with Gasteiger partial charge in [-0.25, -0.2) is 9.59 Å². The number of ether oxygens (including phenoxy) is 2. The van der Waals surface area contributed by atoms with E-state index in [-0.39, 0.29) is 24.9 Å². The van der Waals surface area contributed by atoms with Gasteiger partial charge in [-0.1, -0.05) is 140 Å². The largest absolute Gasteiger partial charge is 0.462 e. The van der Waals surface area contributed by atoms with Gasteiger partial charge in [0.25, 0.3) is 0 Å². The topological polar surface area (TPSA) is 97.5 Å². The van der Waals surface area contributed by atoms with Crippen LogP contribution in [-0.2, 0) is 32.1 Å². The first-order valence-corrected chi connectivity index (χ1v) is 18.0. The Labute approximate surface area is 285 Å². The lowest BCUT2D eigenvalue weighted by molar-refractivity contribution is -0.135. The first-order chi connectivity index (χ1) is 24.0. The number of aromatic nitrogens is 1. The minimum absolute atomic E-state index is 0.00819. The zero-order valence-corrected chi connectivity index (χ0v) is 28.0. The third-order valence-corrected chi connectivity index (χ3v) is 12.7. The summed E-state index contributed by atoms with van der Waals surface area (Å²) in [6, 6.07) is 44.8. The molecule has 1 heterocycles. The second kappa shape index (κ2) is 15.5. The van der Waals surface area contributed by atoms with Crippen LogP contribution in [0.5, 0.6) is 0 Å². The number of aromatic amines is 1. The van der Waals surface area contributed by atoms with E-state index in [1.54, 1.807) is 6.92 Å². The second-order valence-electron chi connectivity index (χ2n) is 11.4. The van der Waals surface area contributed by atoms with Crippen molar-refractivity contribution in [2.24, 2.45) is 0 Å². The SMILES string of the molecule is CCOC(=O)C(C(=O)[C@H](Cc1c[nH]c2ccccc12)NC(=O)OCc1ccccc1)=P(c1ccccc1)(c1ccccc1)c1ccccc1. The normalized spacial score (nSPS) is 11.8. The summed E-state index contributed by atoms with van der Waals surface area (Å²) in [4.78, 5) is 46.6. The van der Waals surface area contributed by atoms with Crippen molar-refractivity contribution in [3.63, 3.8) is 0 Å². The van der Waals surface area contributed by atoms with Crippen LogP contribution in [0.1, 0.15) is 18.1 Å². The minimum atomic E-state index is -3.21. The Hall–Kier alpha value is -5.65. The highest BCUT2D eigenvalue weighted by Crippen LogP contribution is 2.47. The third kappa shape index (κ3) is 7.13. The number of hydrogen-bond donors (Lipinski definition) is 2. The number of esters is 1. The van der Waals surface area contributed by atoms with E-state index in [9.17, 15) is 9.59 Å². The standard InChI is InChI=1S/C41H37N2O5P/c1-2-47-40(45)39(49(32-19-9-4-10-20-32,33-21-11-5-12-22-33)34-23-13-6-14-24-34)38(44)37(27-31-28-42-36-26-16-15-25-35(31)36)43-41(46)48-29-30-17-7-3-8-18-30/h3-26,28,37,42H,2,27,29H2,1H3,(H,43,46)/t37-/m0/s1. The summed E-state index contributed by atoms with van der Waals surface area (Å²) in [7, 11) is 0. The molecular weight excluding hydrogens is 631 g/mol. The van der Waals surface area contributed by atoms with E-state index in [1.165, 1.54) is 0 Å². The summed E-state index contributed by atoms with van der Waals surface area (Å²) in [6.07, 6.45) is 1.16. The van der Waals surface area contributed by atoms with Gasteiger partial charge in [-0.2, -0.15) is 0 Å². The zero-order chi connectivity index (χ0) is 34.1. The Morgan fingerprint density at radius 3 is 1.73 bits per heavy atom. The Balaban J connectivity index is 1.58. The molecule has 8 heteroatoms. The van der Waals surface area contributed by atoms with Gasteiger partial charge in [0.15, 0.2) is 5.78 Å². The van der Waals surface area contributed by atoms with Crippen LogP contribution in [0.4, 0.5) is 4.79 Å². The van der Waals surface area contributed by atoms with Crippen LogP contribution in [0.25, 0.3) is 10.9 Å². The molecule has 5 aromatic carbocycles. The summed E-state index contributed by atoms with van der Waals surface area (Å²) >= 11 is 0. The average molecular weight is 669 g/mol. The summed E-state index contributed by atoms with van der Waals surface area (Å²) in [5.41, 5.74) is 2.51. The highest BCUT2D eigenvalue weighted by Gasteiger charge is 2.41. The molecule has 0 saturated carbocycles. The predicted molar refractivity (Wildman–Crippen MR) is 197 cm³/mol. The van der Waals surface area contributed by atoms with Gasteiger partial charge in [0.05, 0.1) is 12.6 Å². The number of rotatable bonds is 12. The molecule has 0 fully saturated rings. The second-order valence-corrected chi connectivity index (χ2v) is 14.8. The van der Waals surface area contributed by atoms with Crippen LogP contribution in [0.3, 0.4) is 0 Å². The van der Waals surface area contributed by atoms with Gasteiger partial charge < -0.3 is 19.8 Å². The van der Waals surface area contributed by atoms with Crippen molar-refractivity contribution in [3.8, 4) is 0 Å². The number of fused-ring (bicyclic) bond motifs is 1. The van der Waals surface area contributed by atoms with Crippen LogP contribution in [0.2, 0.25) is 0 Å². The molecule has 0 saturated heterocycles. The molecule has 1 atom stereocenters. The summed E-state index contributed by atoms with van der Waals surface area (Å²) in [5, 5.41) is 6.18. The molecule has 0 bridgehead atoms. The molecule has 0 radical (unpaired) electrons. The van der Waals surface area contributed by atoms with Crippen molar-refractivity contribution in [1.29, 1.82) is 0 Å². The number of H-pyrrole nitrogens is 1. The predicted octanol–water partition coefficient (Wildman–Crippen LogP) is 6.30. The molecule has 6 aromatic rings. The van der Waals surface area contributed by atoms with E-state index in [1.807, 2.05) is 152 Å². The lowest BCUT2D eigenvalue weighted by atomic mass is 10.00. The Morgan fingerprint density at radius 2 is 1.18 bits per heavy atom. The van der Waals surface area contributed by atoms with Crippen molar-refractivity contribution in [1.82, 2.24) is 10.3 Å². The quantitative estimate of drug-likeness (QED) is 0.0906.